The number of hydrogen-bond donors (Lipinski definition) is 0. The maximum absolute atomic E-state index is 13.9. The number of halogens is 3. The Morgan fingerprint density at radius 1 is 0.579 bits per heavy atom. The summed E-state index contributed by atoms with van der Waals surface area (Å²) in [5, 5.41) is 0.954. The van der Waals surface area contributed by atoms with Crippen molar-refractivity contribution in [3.8, 4) is 11.1 Å². The van der Waals surface area contributed by atoms with E-state index in [1.165, 1.54) is 18.2 Å². The van der Waals surface area contributed by atoms with Gasteiger partial charge in [0.15, 0.2) is 11.6 Å². The van der Waals surface area contributed by atoms with Gasteiger partial charge < -0.3 is 0 Å². The Hall–Kier alpha value is -2.29. The SMILES string of the molecule is Fc1cccc(-c2cccc3cccc(F)c23)c1F. The van der Waals surface area contributed by atoms with Gasteiger partial charge in [-0.05, 0) is 23.1 Å². The molecule has 0 nitrogen and oxygen atoms in total. The van der Waals surface area contributed by atoms with Crippen LogP contribution in [0.4, 0.5) is 13.2 Å². The van der Waals surface area contributed by atoms with Gasteiger partial charge in [0.05, 0.1) is 0 Å². The lowest BCUT2D eigenvalue weighted by Crippen LogP contribution is -1.91. The molecule has 3 aromatic rings. The predicted octanol–water partition coefficient (Wildman–Crippen LogP) is 4.92. The minimum Gasteiger partial charge on any atom is -0.206 e. The zero-order valence-corrected chi connectivity index (χ0v) is 9.83. The molecule has 3 rings (SSSR count). The third-order valence-electron chi connectivity index (χ3n) is 3.10. The lowest BCUT2D eigenvalue weighted by Gasteiger charge is -2.09. The average Bonchev–Trinajstić information content (AvgIpc) is 2.42. The summed E-state index contributed by atoms with van der Waals surface area (Å²) in [6, 6.07) is 13.5. The van der Waals surface area contributed by atoms with Gasteiger partial charge in [0, 0.05) is 10.9 Å². The molecular weight excluding hydrogens is 249 g/mol. The standard InChI is InChI=1S/C16H9F3/c17-13-8-2-5-10-4-1-6-11(15(10)13)12-7-3-9-14(18)16(12)19/h1-9H. The molecule has 94 valence electrons. The zero-order chi connectivity index (χ0) is 13.4. The first kappa shape index (κ1) is 11.8. The van der Waals surface area contributed by atoms with Gasteiger partial charge in [-0.3, -0.25) is 0 Å². The highest BCUT2D eigenvalue weighted by Crippen LogP contribution is 2.32. The van der Waals surface area contributed by atoms with E-state index in [1.54, 1.807) is 30.3 Å². The first-order chi connectivity index (χ1) is 9.18. The Morgan fingerprint density at radius 2 is 1.16 bits per heavy atom. The molecule has 0 spiro atoms. The van der Waals surface area contributed by atoms with E-state index >= 15 is 0 Å². The molecule has 0 unspecified atom stereocenters. The van der Waals surface area contributed by atoms with Crippen molar-refractivity contribution in [2.75, 3.05) is 0 Å². The summed E-state index contributed by atoms with van der Waals surface area (Å²) in [5.74, 6) is -2.35. The molecule has 0 bridgehead atoms. The van der Waals surface area contributed by atoms with Crippen LogP contribution < -0.4 is 0 Å². The van der Waals surface area contributed by atoms with Gasteiger partial charge in [-0.2, -0.15) is 0 Å². The largest absolute Gasteiger partial charge is 0.206 e. The molecule has 0 fully saturated rings. The quantitative estimate of drug-likeness (QED) is 0.581. The molecule has 3 heteroatoms. The van der Waals surface area contributed by atoms with E-state index in [0.717, 1.165) is 6.07 Å². The van der Waals surface area contributed by atoms with E-state index in [4.69, 9.17) is 0 Å². The molecule has 3 aromatic carbocycles. The van der Waals surface area contributed by atoms with Crippen molar-refractivity contribution in [1.29, 1.82) is 0 Å². The minimum atomic E-state index is -0.960. The van der Waals surface area contributed by atoms with Crippen molar-refractivity contribution in [1.82, 2.24) is 0 Å². The molecule has 0 N–H and O–H groups in total. The number of rotatable bonds is 1. The van der Waals surface area contributed by atoms with E-state index in [-0.39, 0.29) is 5.56 Å². The van der Waals surface area contributed by atoms with Crippen LogP contribution in [0.5, 0.6) is 0 Å². The monoisotopic (exact) mass is 258 g/mol. The van der Waals surface area contributed by atoms with Crippen LogP contribution >= 0.6 is 0 Å². The maximum Gasteiger partial charge on any atom is 0.166 e. The molecule has 0 atom stereocenters. The van der Waals surface area contributed by atoms with Gasteiger partial charge in [-0.25, -0.2) is 13.2 Å². The predicted molar refractivity (Wildman–Crippen MR) is 69.3 cm³/mol. The van der Waals surface area contributed by atoms with Crippen LogP contribution in [0.2, 0.25) is 0 Å². The van der Waals surface area contributed by atoms with Crippen LogP contribution in [0.25, 0.3) is 21.9 Å². The topological polar surface area (TPSA) is 0 Å². The fourth-order valence-corrected chi connectivity index (χ4v) is 2.23. The summed E-state index contributed by atoms with van der Waals surface area (Å²) >= 11 is 0. The van der Waals surface area contributed by atoms with Gasteiger partial charge >= 0.3 is 0 Å². The smallest absolute Gasteiger partial charge is 0.166 e. The first-order valence-electron chi connectivity index (χ1n) is 5.80. The second-order valence-electron chi connectivity index (χ2n) is 4.24. The van der Waals surface area contributed by atoms with Gasteiger partial charge in [0.2, 0.25) is 0 Å². The van der Waals surface area contributed by atoms with E-state index < -0.39 is 17.5 Å². The van der Waals surface area contributed by atoms with Crippen LogP contribution in [-0.4, -0.2) is 0 Å². The molecule has 0 saturated heterocycles. The van der Waals surface area contributed by atoms with Crippen molar-refractivity contribution in [2.45, 2.75) is 0 Å². The van der Waals surface area contributed by atoms with Gasteiger partial charge in [0.25, 0.3) is 0 Å². The fourth-order valence-electron chi connectivity index (χ4n) is 2.23. The highest BCUT2D eigenvalue weighted by atomic mass is 19.2. The molecule has 0 saturated carbocycles. The van der Waals surface area contributed by atoms with Crippen molar-refractivity contribution in [2.24, 2.45) is 0 Å². The number of hydrogen-bond acceptors (Lipinski definition) is 0. The Labute approximate surface area is 108 Å². The molecule has 0 aliphatic carbocycles. The number of fused-ring (bicyclic) bond motifs is 1. The lowest BCUT2D eigenvalue weighted by molar-refractivity contribution is 0.511. The van der Waals surface area contributed by atoms with Crippen LogP contribution in [0.1, 0.15) is 0 Å². The third-order valence-corrected chi connectivity index (χ3v) is 3.10. The van der Waals surface area contributed by atoms with Gasteiger partial charge in [-0.15, -0.1) is 0 Å². The van der Waals surface area contributed by atoms with E-state index in [2.05, 4.69) is 0 Å². The molecule has 0 amide bonds. The van der Waals surface area contributed by atoms with E-state index in [1.807, 2.05) is 0 Å². The fraction of sp³-hybridized carbons (Fsp3) is 0. The normalized spacial score (nSPS) is 10.9. The van der Waals surface area contributed by atoms with Crippen LogP contribution in [0.15, 0.2) is 54.6 Å². The van der Waals surface area contributed by atoms with Crippen molar-refractivity contribution in [3.05, 3.63) is 72.0 Å². The molecule has 0 aliphatic heterocycles. The summed E-state index contributed by atoms with van der Waals surface area (Å²) in [5.41, 5.74) is 0.420. The van der Waals surface area contributed by atoms with E-state index in [0.29, 0.717) is 16.3 Å². The van der Waals surface area contributed by atoms with E-state index in [9.17, 15) is 13.2 Å². The zero-order valence-electron chi connectivity index (χ0n) is 9.83. The Kier molecular flexibility index (Phi) is 2.75. The summed E-state index contributed by atoms with van der Waals surface area (Å²) in [7, 11) is 0. The Bertz CT molecular complexity index is 758. The molecule has 0 aliphatic rings. The van der Waals surface area contributed by atoms with Crippen LogP contribution in [-0.2, 0) is 0 Å². The van der Waals surface area contributed by atoms with Crippen LogP contribution in [0, 0.1) is 17.5 Å². The minimum absolute atomic E-state index is 0.0655. The van der Waals surface area contributed by atoms with Crippen molar-refractivity contribution < 1.29 is 13.2 Å². The summed E-state index contributed by atoms with van der Waals surface area (Å²) < 4.78 is 41.1. The molecule has 19 heavy (non-hydrogen) atoms. The molecular formula is C16H9F3. The first-order valence-corrected chi connectivity index (χ1v) is 5.80. The molecule has 0 radical (unpaired) electrons. The lowest BCUT2D eigenvalue weighted by atomic mass is 9.97. The van der Waals surface area contributed by atoms with Gasteiger partial charge in [-0.1, -0.05) is 42.5 Å². The Morgan fingerprint density at radius 3 is 1.95 bits per heavy atom. The Balaban J connectivity index is 2.40. The average molecular weight is 258 g/mol. The summed E-state index contributed by atoms with van der Waals surface area (Å²) in [6.45, 7) is 0. The summed E-state index contributed by atoms with van der Waals surface area (Å²) in [6.07, 6.45) is 0. The van der Waals surface area contributed by atoms with Gasteiger partial charge in [0.1, 0.15) is 5.82 Å². The molecule has 0 heterocycles. The van der Waals surface area contributed by atoms with Crippen molar-refractivity contribution >= 4 is 10.8 Å². The van der Waals surface area contributed by atoms with Crippen molar-refractivity contribution in [3.63, 3.8) is 0 Å². The summed E-state index contributed by atoms with van der Waals surface area (Å²) in [4.78, 5) is 0. The van der Waals surface area contributed by atoms with Crippen LogP contribution in [0.3, 0.4) is 0 Å². The maximum atomic E-state index is 13.9. The number of benzene rings is 3. The third kappa shape index (κ3) is 1.87. The highest BCUT2D eigenvalue weighted by molar-refractivity contribution is 5.97. The molecule has 0 aromatic heterocycles. The highest BCUT2D eigenvalue weighted by Gasteiger charge is 2.14. The second-order valence-corrected chi connectivity index (χ2v) is 4.24. The second kappa shape index (κ2) is 4.43.